The molecule has 0 saturated carbocycles. The van der Waals surface area contributed by atoms with Crippen molar-refractivity contribution in [1.29, 1.82) is 0 Å². The Morgan fingerprint density at radius 1 is 1.07 bits per heavy atom. The van der Waals surface area contributed by atoms with Gasteiger partial charge in [-0.2, -0.15) is 0 Å². The van der Waals surface area contributed by atoms with Gasteiger partial charge in [0.25, 0.3) is 5.91 Å². The van der Waals surface area contributed by atoms with E-state index in [4.69, 9.17) is 14.2 Å². The Labute approximate surface area is 159 Å². The van der Waals surface area contributed by atoms with Gasteiger partial charge in [-0.25, -0.2) is 9.59 Å². The van der Waals surface area contributed by atoms with Gasteiger partial charge in [0.05, 0.1) is 18.8 Å². The molecular formula is C19H28N2O6. The van der Waals surface area contributed by atoms with Gasteiger partial charge in [-0.15, -0.1) is 0 Å². The molecule has 1 aromatic rings. The highest BCUT2D eigenvalue weighted by atomic mass is 16.5. The van der Waals surface area contributed by atoms with Gasteiger partial charge in [-0.05, 0) is 37.5 Å². The minimum atomic E-state index is -0.709. The van der Waals surface area contributed by atoms with Crippen LogP contribution in [0.2, 0.25) is 0 Å². The van der Waals surface area contributed by atoms with Crippen LogP contribution in [0.3, 0.4) is 0 Å². The van der Waals surface area contributed by atoms with Crippen LogP contribution < -0.4 is 20.1 Å². The number of rotatable bonds is 10. The van der Waals surface area contributed by atoms with Crippen LogP contribution in [0.5, 0.6) is 11.5 Å². The van der Waals surface area contributed by atoms with Gasteiger partial charge in [0.2, 0.25) is 0 Å². The van der Waals surface area contributed by atoms with Crippen LogP contribution >= 0.6 is 0 Å². The Kier molecular flexibility index (Phi) is 9.71. The molecule has 1 rings (SSSR count). The van der Waals surface area contributed by atoms with E-state index < -0.39 is 24.5 Å². The number of carbonyl (C=O) groups is 3. The maximum Gasteiger partial charge on any atom is 0.338 e. The molecule has 0 radical (unpaired) electrons. The number of carbonyl (C=O) groups excluding carboxylic acids is 3. The number of hydrogen-bond donors (Lipinski definition) is 2. The van der Waals surface area contributed by atoms with Crippen molar-refractivity contribution in [3.05, 3.63) is 23.8 Å². The van der Waals surface area contributed by atoms with Gasteiger partial charge >= 0.3 is 12.0 Å². The van der Waals surface area contributed by atoms with Crippen molar-refractivity contribution in [2.75, 3.05) is 26.4 Å². The van der Waals surface area contributed by atoms with Crippen LogP contribution in [0.15, 0.2) is 18.2 Å². The normalized spacial score (nSPS) is 10.3. The molecule has 0 fully saturated rings. The van der Waals surface area contributed by atoms with E-state index in [0.29, 0.717) is 37.2 Å². The van der Waals surface area contributed by atoms with Crippen LogP contribution in [-0.4, -0.2) is 44.3 Å². The molecule has 0 unspecified atom stereocenters. The van der Waals surface area contributed by atoms with E-state index in [0.717, 1.165) is 6.42 Å². The van der Waals surface area contributed by atoms with E-state index in [1.807, 2.05) is 27.7 Å². The van der Waals surface area contributed by atoms with Crippen molar-refractivity contribution >= 4 is 17.9 Å². The zero-order valence-corrected chi connectivity index (χ0v) is 16.3. The third kappa shape index (κ3) is 8.44. The molecule has 0 heterocycles. The molecule has 27 heavy (non-hydrogen) atoms. The van der Waals surface area contributed by atoms with Crippen molar-refractivity contribution < 1.29 is 28.6 Å². The van der Waals surface area contributed by atoms with E-state index >= 15 is 0 Å². The molecule has 0 aliphatic carbocycles. The van der Waals surface area contributed by atoms with Gasteiger partial charge in [0.1, 0.15) is 0 Å². The number of hydrogen-bond acceptors (Lipinski definition) is 6. The van der Waals surface area contributed by atoms with Crippen molar-refractivity contribution in [2.45, 2.75) is 34.1 Å². The lowest BCUT2D eigenvalue weighted by atomic mass is 10.2. The van der Waals surface area contributed by atoms with Crippen molar-refractivity contribution in [3.8, 4) is 11.5 Å². The van der Waals surface area contributed by atoms with Crippen LogP contribution in [-0.2, 0) is 9.53 Å². The lowest BCUT2D eigenvalue weighted by Crippen LogP contribution is -2.41. The van der Waals surface area contributed by atoms with Crippen molar-refractivity contribution in [2.24, 2.45) is 5.92 Å². The number of benzene rings is 1. The number of imide groups is 1. The molecule has 0 spiro atoms. The smallest absolute Gasteiger partial charge is 0.338 e. The van der Waals surface area contributed by atoms with E-state index in [2.05, 4.69) is 10.6 Å². The minimum absolute atomic E-state index is 0.221. The largest absolute Gasteiger partial charge is 0.490 e. The molecule has 0 saturated heterocycles. The monoisotopic (exact) mass is 380 g/mol. The third-order valence-electron chi connectivity index (χ3n) is 3.17. The molecule has 0 aliphatic heterocycles. The molecule has 2 N–H and O–H groups in total. The second kappa shape index (κ2) is 11.8. The SMILES string of the molecule is CCCNC(=O)NC(=O)COC(=O)c1ccc(OCC(C)C)c(OCC)c1. The van der Waals surface area contributed by atoms with E-state index in [9.17, 15) is 14.4 Å². The molecule has 150 valence electrons. The lowest BCUT2D eigenvalue weighted by molar-refractivity contribution is -0.123. The fourth-order valence-corrected chi connectivity index (χ4v) is 1.94. The Balaban J connectivity index is 2.64. The molecule has 0 bridgehead atoms. The van der Waals surface area contributed by atoms with Gasteiger partial charge in [-0.1, -0.05) is 20.8 Å². The summed E-state index contributed by atoms with van der Waals surface area (Å²) in [7, 11) is 0. The summed E-state index contributed by atoms with van der Waals surface area (Å²) in [5, 5.41) is 4.57. The van der Waals surface area contributed by atoms with E-state index in [1.165, 1.54) is 12.1 Å². The molecule has 0 aliphatic rings. The second-order valence-corrected chi connectivity index (χ2v) is 6.18. The second-order valence-electron chi connectivity index (χ2n) is 6.18. The Morgan fingerprint density at radius 3 is 2.44 bits per heavy atom. The van der Waals surface area contributed by atoms with Gasteiger partial charge in [0, 0.05) is 6.54 Å². The topological polar surface area (TPSA) is 103 Å². The fourth-order valence-electron chi connectivity index (χ4n) is 1.94. The van der Waals surface area contributed by atoms with Gasteiger partial charge in [-0.3, -0.25) is 10.1 Å². The first-order chi connectivity index (χ1) is 12.9. The summed E-state index contributed by atoms with van der Waals surface area (Å²) >= 11 is 0. The number of nitrogens with one attached hydrogen (secondary N) is 2. The lowest BCUT2D eigenvalue weighted by Gasteiger charge is -2.14. The number of urea groups is 1. The average molecular weight is 380 g/mol. The maximum atomic E-state index is 12.1. The summed E-state index contributed by atoms with van der Waals surface area (Å²) in [6.45, 7) is 8.58. The predicted molar refractivity (Wildman–Crippen MR) is 100 cm³/mol. The summed E-state index contributed by atoms with van der Waals surface area (Å²) in [5.41, 5.74) is 0.221. The van der Waals surface area contributed by atoms with Crippen LogP contribution in [0.25, 0.3) is 0 Å². The van der Waals surface area contributed by atoms with E-state index in [-0.39, 0.29) is 5.56 Å². The first-order valence-corrected chi connectivity index (χ1v) is 9.01. The Morgan fingerprint density at radius 2 is 1.81 bits per heavy atom. The highest BCUT2D eigenvalue weighted by Gasteiger charge is 2.15. The highest BCUT2D eigenvalue weighted by Crippen LogP contribution is 2.29. The molecule has 0 atom stereocenters. The highest BCUT2D eigenvalue weighted by molar-refractivity contribution is 5.97. The summed E-state index contributed by atoms with van der Waals surface area (Å²) in [5.74, 6) is -0.102. The number of ether oxygens (including phenoxy) is 3. The Bertz CT molecular complexity index is 645. The summed E-state index contributed by atoms with van der Waals surface area (Å²) in [6.07, 6.45) is 0.746. The molecule has 8 heteroatoms. The predicted octanol–water partition coefficient (Wildman–Crippen LogP) is 2.51. The fraction of sp³-hybridized carbons (Fsp3) is 0.526. The van der Waals surface area contributed by atoms with Gasteiger partial charge in [0.15, 0.2) is 18.1 Å². The molecule has 3 amide bonds. The number of esters is 1. The van der Waals surface area contributed by atoms with Crippen molar-refractivity contribution in [1.82, 2.24) is 10.6 Å². The zero-order chi connectivity index (χ0) is 20.2. The molecule has 1 aromatic carbocycles. The first kappa shape index (κ1) is 22.3. The molecule has 8 nitrogen and oxygen atoms in total. The van der Waals surface area contributed by atoms with Gasteiger partial charge < -0.3 is 19.5 Å². The quantitative estimate of drug-likeness (QED) is 0.605. The van der Waals surface area contributed by atoms with Crippen LogP contribution in [0.4, 0.5) is 4.79 Å². The number of amides is 3. The maximum absolute atomic E-state index is 12.1. The molecule has 0 aromatic heterocycles. The molecular weight excluding hydrogens is 352 g/mol. The van der Waals surface area contributed by atoms with Crippen molar-refractivity contribution in [3.63, 3.8) is 0 Å². The summed E-state index contributed by atoms with van der Waals surface area (Å²) in [6, 6.07) is 4.05. The summed E-state index contributed by atoms with van der Waals surface area (Å²) in [4.78, 5) is 35.1. The van der Waals surface area contributed by atoms with Crippen LogP contribution in [0, 0.1) is 5.92 Å². The Hall–Kier alpha value is -2.77. The van der Waals surface area contributed by atoms with Crippen LogP contribution in [0.1, 0.15) is 44.5 Å². The zero-order valence-electron chi connectivity index (χ0n) is 16.3. The first-order valence-electron chi connectivity index (χ1n) is 9.01. The average Bonchev–Trinajstić information content (AvgIpc) is 2.63. The summed E-state index contributed by atoms with van der Waals surface area (Å²) < 4.78 is 16.1. The third-order valence-corrected chi connectivity index (χ3v) is 3.17. The minimum Gasteiger partial charge on any atom is -0.490 e. The standard InChI is InChI=1S/C19H28N2O6/c1-5-9-20-19(24)21-17(22)12-27-18(23)14-7-8-15(26-11-13(3)4)16(10-14)25-6-2/h7-8,10,13H,5-6,9,11-12H2,1-4H3,(H2,20,21,22,24). The van der Waals surface area contributed by atoms with E-state index in [1.54, 1.807) is 6.07 Å².